The van der Waals surface area contributed by atoms with Gasteiger partial charge in [-0.3, -0.25) is 0 Å². The van der Waals surface area contributed by atoms with Crippen LogP contribution in [0.3, 0.4) is 0 Å². The van der Waals surface area contributed by atoms with Gasteiger partial charge in [-0.25, -0.2) is 0 Å². The lowest BCUT2D eigenvalue weighted by Gasteiger charge is -2.31. The van der Waals surface area contributed by atoms with Crippen LogP contribution >= 0.6 is 11.8 Å². The predicted octanol–water partition coefficient (Wildman–Crippen LogP) is 2.98. The molecule has 1 heterocycles. The first kappa shape index (κ1) is 13.9. The molecule has 0 spiro atoms. The zero-order valence-electron chi connectivity index (χ0n) is 11.5. The van der Waals surface area contributed by atoms with Crippen molar-refractivity contribution in [3.05, 3.63) is 29.8 Å². The highest BCUT2D eigenvalue weighted by atomic mass is 32.2. The maximum Gasteiger partial charge on any atom is 0.0208 e. The van der Waals surface area contributed by atoms with Crippen LogP contribution in [-0.4, -0.2) is 36.8 Å². The maximum atomic E-state index is 3.69. The summed E-state index contributed by atoms with van der Waals surface area (Å²) in [7, 11) is 0. The number of hydrogen-bond acceptors (Lipinski definition) is 3. The van der Waals surface area contributed by atoms with Crippen LogP contribution in [0.4, 0.5) is 0 Å². The molecule has 1 aromatic carbocycles. The molecule has 1 aliphatic rings. The number of benzene rings is 1. The van der Waals surface area contributed by atoms with Crippen LogP contribution in [0.1, 0.15) is 25.3 Å². The fraction of sp³-hybridized carbons (Fsp3) is 0.600. The van der Waals surface area contributed by atoms with E-state index in [2.05, 4.69) is 47.7 Å². The number of piperidine rings is 1. The molecular formula is C15H24N2S. The number of thioether (sulfide) groups is 1. The molecule has 2 rings (SSSR count). The van der Waals surface area contributed by atoms with Gasteiger partial charge in [0.1, 0.15) is 0 Å². The van der Waals surface area contributed by atoms with Gasteiger partial charge in [0.2, 0.25) is 0 Å². The first-order valence-corrected chi connectivity index (χ1v) is 8.13. The monoisotopic (exact) mass is 264 g/mol. The molecule has 1 saturated heterocycles. The van der Waals surface area contributed by atoms with Gasteiger partial charge in [0, 0.05) is 17.5 Å². The minimum absolute atomic E-state index is 0.702. The maximum absolute atomic E-state index is 3.69. The Balaban J connectivity index is 1.74. The molecular weight excluding hydrogens is 240 g/mol. The van der Waals surface area contributed by atoms with E-state index in [0.29, 0.717) is 6.04 Å². The van der Waals surface area contributed by atoms with Crippen molar-refractivity contribution in [3.8, 4) is 0 Å². The minimum Gasteiger partial charge on any atom is -0.310 e. The Hall–Kier alpha value is -0.510. The Morgan fingerprint density at radius 1 is 1.22 bits per heavy atom. The highest BCUT2D eigenvalue weighted by molar-refractivity contribution is 7.98. The zero-order valence-corrected chi connectivity index (χ0v) is 12.3. The number of rotatable bonds is 5. The van der Waals surface area contributed by atoms with Crippen LogP contribution < -0.4 is 5.32 Å². The quantitative estimate of drug-likeness (QED) is 0.823. The molecule has 1 N–H and O–H groups in total. The molecule has 0 aromatic heterocycles. The average molecular weight is 264 g/mol. The van der Waals surface area contributed by atoms with Crippen molar-refractivity contribution >= 4 is 11.8 Å². The highest BCUT2D eigenvalue weighted by Crippen LogP contribution is 2.15. The van der Waals surface area contributed by atoms with Gasteiger partial charge in [-0.05, 0) is 56.4 Å². The van der Waals surface area contributed by atoms with E-state index in [0.717, 1.165) is 6.54 Å². The van der Waals surface area contributed by atoms with E-state index in [4.69, 9.17) is 0 Å². The highest BCUT2D eigenvalue weighted by Gasteiger charge is 2.16. The predicted molar refractivity (Wildman–Crippen MR) is 80.2 cm³/mol. The minimum atomic E-state index is 0.702. The normalized spacial score (nSPS) is 18.1. The van der Waals surface area contributed by atoms with E-state index in [9.17, 15) is 0 Å². The van der Waals surface area contributed by atoms with Crippen molar-refractivity contribution < 1.29 is 0 Å². The molecule has 18 heavy (non-hydrogen) atoms. The average Bonchev–Trinajstić information content (AvgIpc) is 2.46. The Morgan fingerprint density at radius 2 is 1.89 bits per heavy atom. The Bertz CT molecular complexity index is 342. The van der Waals surface area contributed by atoms with Crippen LogP contribution in [0.2, 0.25) is 0 Å². The summed E-state index contributed by atoms with van der Waals surface area (Å²) in [6.45, 7) is 6.95. The van der Waals surface area contributed by atoms with Crippen molar-refractivity contribution in [1.82, 2.24) is 10.2 Å². The van der Waals surface area contributed by atoms with Crippen molar-refractivity contribution in [1.29, 1.82) is 0 Å². The Labute approximate surface area is 115 Å². The molecule has 100 valence electrons. The van der Waals surface area contributed by atoms with Gasteiger partial charge in [-0.2, -0.15) is 0 Å². The largest absolute Gasteiger partial charge is 0.310 e. The van der Waals surface area contributed by atoms with Gasteiger partial charge in [0.15, 0.2) is 0 Å². The number of hydrogen-bond donors (Lipinski definition) is 1. The molecule has 0 aliphatic carbocycles. The molecule has 0 unspecified atom stereocenters. The second-order valence-electron chi connectivity index (χ2n) is 4.94. The van der Waals surface area contributed by atoms with Crippen molar-refractivity contribution in [2.75, 3.05) is 25.9 Å². The fourth-order valence-corrected chi connectivity index (χ4v) is 2.87. The SMILES string of the molecule is CCN1CCC(NCc2ccc(SC)cc2)CC1. The van der Waals surface area contributed by atoms with Crippen LogP contribution in [0.15, 0.2) is 29.2 Å². The third-order valence-electron chi connectivity index (χ3n) is 3.79. The number of nitrogens with one attached hydrogen (secondary N) is 1. The molecule has 1 fully saturated rings. The third-order valence-corrected chi connectivity index (χ3v) is 4.53. The summed E-state index contributed by atoms with van der Waals surface area (Å²) in [6, 6.07) is 9.59. The molecule has 0 amide bonds. The van der Waals surface area contributed by atoms with E-state index in [-0.39, 0.29) is 0 Å². The lowest BCUT2D eigenvalue weighted by molar-refractivity contribution is 0.206. The van der Waals surface area contributed by atoms with Gasteiger partial charge in [0.25, 0.3) is 0 Å². The van der Waals surface area contributed by atoms with Crippen molar-refractivity contribution in [2.24, 2.45) is 0 Å². The van der Waals surface area contributed by atoms with E-state index in [1.54, 1.807) is 11.8 Å². The standard InChI is InChI=1S/C15H24N2S/c1-3-17-10-8-14(9-11-17)16-12-13-4-6-15(18-2)7-5-13/h4-7,14,16H,3,8-12H2,1-2H3. The Morgan fingerprint density at radius 3 is 2.44 bits per heavy atom. The Kier molecular flexibility index (Phi) is 5.54. The second-order valence-corrected chi connectivity index (χ2v) is 5.82. The molecule has 3 heteroatoms. The van der Waals surface area contributed by atoms with E-state index in [1.165, 1.54) is 42.9 Å². The van der Waals surface area contributed by atoms with E-state index >= 15 is 0 Å². The number of likely N-dealkylation sites (tertiary alicyclic amines) is 1. The molecule has 0 bridgehead atoms. The van der Waals surface area contributed by atoms with Crippen LogP contribution in [0, 0.1) is 0 Å². The van der Waals surface area contributed by atoms with E-state index in [1.807, 2.05) is 0 Å². The summed E-state index contributed by atoms with van der Waals surface area (Å²) in [6.07, 6.45) is 4.70. The summed E-state index contributed by atoms with van der Waals surface area (Å²) in [5.74, 6) is 0. The van der Waals surface area contributed by atoms with Gasteiger partial charge in [-0.1, -0.05) is 19.1 Å². The smallest absolute Gasteiger partial charge is 0.0208 e. The third kappa shape index (κ3) is 4.01. The van der Waals surface area contributed by atoms with Gasteiger partial charge < -0.3 is 10.2 Å². The van der Waals surface area contributed by atoms with Gasteiger partial charge in [-0.15, -0.1) is 11.8 Å². The summed E-state index contributed by atoms with van der Waals surface area (Å²) in [5.41, 5.74) is 1.39. The molecule has 1 aliphatic heterocycles. The summed E-state index contributed by atoms with van der Waals surface area (Å²) >= 11 is 1.80. The van der Waals surface area contributed by atoms with Crippen LogP contribution in [0.5, 0.6) is 0 Å². The second kappa shape index (κ2) is 7.17. The fourth-order valence-electron chi connectivity index (χ4n) is 2.46. The van der Waals surface area contributed by atoms with Gasteiger partial charge in [0.05, 0.1) is 0 Å². The molecule has 1 aromatic rings. The zero-order chi connectivity index (χ0) is 12.8. The summed E-state index contributed by atoms with van der Waals surface area (Å²) in [4.78, 5) is 3.88. The van der Waals surface area contributed by atoms with Crippen molar-refractivity contribution in [3.63, 3.8) is 0 Å². The first-order valence-electron chi connectivity index (χ1n) is 6.90. The summed E-state index contributed by atoms with van der Waals surface area (Å²) in [5, 5.41) is 3.69. The lowest BCUT2D eigenvalue weighted by Crippen LogP contribution is -2.42. The van der Waals surface area contributed by atoms with Crippen molar-refractivity contribution in [2.45, 2.75) is 37.2 Å². The summed E-state index contributed by atoms with van der Waals surface area (Å²) < 4.78 is 0. The van der Waals surface area contributed by atoms with E-state index < -0.39 is 0 Å². The first-order chi connectivity index (χ1) is 8.81. The molecule has 0 saturated carbocycles. The molecule has 0 atom stereocenters. The van der Waals surface area contributed by atoms with Crippen LogP contribution in [0.25, 0.3) is 0 Å². The van der Waals surface area contributed by atoms with Crippen LogP contribution in [-0.2, 0) is 6.54 Å². The molecule has 2 nitrogen and oxygen atoms in total. The topological polar surface area (TPSA) is 15.3 Å². The lowest BCUT2D eigenvalue weighted by atomic mass is 10.0. The number of nitrogens with zero attached hydrogens (tertiary/aromatic N) is 1. The van der Waals surface area contributed by atoms with Gasteiger partial charge >= 0.3 is 0 Å². The molecule has 0 radical (unpaired) electrons.